The zero-order chi connectivity index (χ0) is 22.3. The summed E-state index contributed by atoms with van der Waals surface area (Å²) in [5, 5.41) is 35.5. The number of nitrogens with zero attached hydrogens (tertiary/aromatic N) is 1. The number of carbonyl (C=O) groups excluding carboxylic acids is 3. The van der Waals surface area contributed by atoms with Crippen LogP contribution in [-0.2, 0) is 24.0 Å². The first-order valence-electron chi connectivity index (χ1n) is 9.94. The maximum atomic E-state index is 12.8. The molecular weight excluding hydrogens is 400 g/mol. The molecule has 4 atom stereocenters. The number of amides is 3. The number of carboxylic acid groups (broad SMARTS) is 2. The van der Waals surface area contributed by atoms with E-state index in [1.54, 1.807) is 0 Å². The number of hydrogen-bond acceptors (Lipinski definition) is 7. The molecule has 4 unspecified atom stereocenters. The topological polar surface area (TPSA) is 185 Å². The average molecular weight is 428 g/mol. The van der Waals surface area contributed by atoms with Crippen molar-refractivity contribution in [3.05, 3.63) is 0 Å². The summed E-state index contributed by atoms with van der Waals surface area (Å²) in [7, 11) is 0. The van der Waals surface area contributed by atoms with E-state index in [9.17, 15) is 34.2 Å². The Morgan fingerprint density at radius 1 is 1.03 bits per heavy atom. The van der Waals surface area contributed by atoms with Gasteiger partial charge in [0.05, 0.1) is 12.6 Å². The summed E-state index contributed by atoms with van der Waals surface area (Å²) in [6, 6.07) is -4.13. The van der Waals surface area contributed by atoms with Gasteiger partial charge in [0.2, 0.25) is 17.7 Å². The third kappa shape index (κ3) is 6.13. The molecule has 0 aliphatic carbocycles. The highest BCUT2D eigenvalue weighted by atomic mass is 16.4. The summed E-state index contributed by atoms with van der Waals surface area (Å²) in [5.74, 6) is -4.36. The SMILES string of the molecule is O=C(O)CCC(NC(=O)C(CO)NC(=O)C1CCCN1)C(=O)N1CCCC1C(=O)O. The molecule has 0 saturated carbocycles. The molecule has 2 aliphatic rings. The van der Waals surface area contributed by atoms with E-state index in [4.69, 9.17) is 5.11 Å². The van der Waals surface area contributed by atoms with Crippen molar-refractivity contribution in [2.75, 3.05) is 19.7 Å². The Balaban J connectivity index is 2.06. The highest BCUT2D eigenvalue weighted by Gasteiger charge is 2.38. The van der Waals surface area contributed by atoms with Crippen molar-refractivity contribution in [3.63, 3.8) is 0 Å². The standard InChI is InChI=1S/C18H28N4O8/c23-9-12(21-15(26)10-3-1-7-19-10)16(27)20-11(5-6-14(24)25)17(28)22-8-2-4-13(22)18(29)30/h10-13,19,23H,1-9H2,(H,20,27)(H,21,26)(H,24,25)(H,29,30). The first-order valence-corrected chi connectivity index (χ1v) is 9.94. The van der Waals surface area contributed by atoms with Gasteiger partial charge in [-0.25, -0.2) is 4.79 Å². The molecule has 12 heteroatoms. The van der Waals surface area contributed by atoms with Crippen molar-refractivity contribution < 1.29 is 39.3 Å². The third-order valence-corrected chi connectivity index (χ3v) is 5.27. The van der Waals surface area contributed by atoms with Gasteiger partial charge in [-0.05, 0) is 38.6 Å². The molecule has 2 rings (SSSR count). The molecule has 2 fully saturated rings. The van der Waals surface area contributed by atoms with Crippen molar-refractivity contribution in [2.24, 2.45) is 0 Å². The fourth-order valence-electron chi connectivity index (χ4n) is 3.66. The van der Waals surface area contributed by atoms with E-state index >= 15 is 0 Å². The molecular formula is C18H28N4O8. The second-order valence-electron chi connectivity index (χ2n) is 7.41. The largest absolute Gasteiger partial charge is 0.481 e. The van der Waals surface area contributed by atoms with Crippen LogP contribution in [0.3, 0.4) is 0 Å². The van der Waals surface area contributed by atoms with E-state index in [-0.39, 0.29) is 19.4 Å². The molecule has 0 bridgehead atoms. The number of carboxylic acids is 2. The van der Waals surface area contributed by atoms with Crippen LogP contribution in [0.15, 0.2) is 0 Å². The average Bonchev–Trinajstić information content (AvgIpc) is 3.40. The second-order valence-corrected chi connectivity index (χ2v) is 7.41. The Bertz CT molecular complexity index is 679. The number of carbonyl (C=O) groups is 5. The third-order valence-electron chi connectivity index (χ3n) is 5.27. The minimum Gasteiger partial charge on any atom is -0.481 e. The van der Waals surface area contributed by atoms with Crippen LogP contribution in [0.25, 0.3) is 0 Å². The zero-order valence-corrected chi connectivity index (χ0v) is 16.5. The summed E-state index contributed by atoms with van der Waals surface area (Å²) < 4.78 is 0. The van der Waals surface area contributed by atoms with Gasteiger partial charge in [0, 0.05) is 13.0 Å². The fraction of sp³-hybridized carbons (Fsp3) is 0.722. The van der Waals surface area contributed by atoms with Crippen molar-refractivity contribution in [1.82, 2.24) is 20.9 Å². The van der Waals surface area contributed by atoms with E-state index < -0.39 is 66.9 Å². The molecule has 2 heterocycles. The number of aliphatic hydroxyl groups is 1. The number of aliphatic carboxylic acids is 2. The van der Waals surface area contributed by atoms with E-state index in [1.807, 2.05) is 0 Å². The van der Waals surface area contributed by atoms with Crippen LogP contribution in [0.2, 0.25) is 0 Å². The summed E-state index contributed by atoms with van der Waals surface area (Å²) >= 11 is 0. The van der Waals surface area contributed by atoms with Gasteiger partial charge in [-0.1, -0.05) is 0 Å². The molecule has 12 nitrogen and oxygen atoms in total. The Labute approximate surface area is 173 Å². The minimum atomic E-state index is -1.33. The molecule has 0 spiro atoms. The maximum absolute atomic E-state index is 12.8. The Hall–Kier alpha value is -2.73. The molecule has 0 radical (unpaired) electrons. The van der Waals surface area contributed by atoms with Gasteiger partial charge in [-0.2, -0.15) is 0 Å². The quantitative estimate of drug-likeness (QED) is 0.221. The Morgan fingerprint density at radius 3 is 2.33 bits per heavy atom. The normalized spacial score (nSPS) is 22.9. The van der Waals surface area contributed by atoms with Gasteiger partial charge in [-0.3, -0.25) is 19.2 Å². The highest BCUT2D eigenvalue weighted by Crippen LogP contribution is 2.19. The molecule has 0 aromatic rings. The second kappa shape index (κ2) is 10.9. The number of aliphatic hydroxyl groups excluding tert-OH is 1. The van der Waals surface area contributed by atoms with Crippen molar-refractivity contribution in [1.29, 1.82) is 0 Å². The highest BCUT2D eigenvalue weighted by molar-refractivity contribution is 5.94. The van der Waals surface area contributed by atoms with Crippen LogP contribution in [0.1, 0.15) is 38.5 Å². The van der Waals surface area contributed by atoms with Crippen LogP contribution in [0.4, 0.5) is 0 Å². The summed E-state index contributed by atoms with van der Waals surface area (Å²) in [4.78, 5) is 61.1. The van der Waals surface area contributed by atoms with E-state index in [2.05, 4.69) is 16.0 Å². The van der Waals surface area contributed by atoms with Crippen LogP contribution in [0.5, 0.6) is 0 Å². The lowest BCUT2D eigenvalue weighted by molar-refractivity contribution is -0.150. The van der Waals surface area contributed by atoms with Gasteiger partial charge < -0.3 is 36.2 Å². The monoisotopic (exact) mass is 428 g/mol. The Morgan fingerprint density at radius 2 is 1.77 bits per heavy atom. The van der Waals surface area contributed by atoms with Crippen molar-refractivity contribution >= 4 is 29.7 Å². The van der Waals surface area contributed by atoms with Crippen LogP contribution >= 0.6 is 0 Å². The van der Waals surface area contributed by atoms with E-state index in [0.717, 1.165) is 11.3 Å². The minimum absolute atomic E-state index is 0.183. The van der Waals surface area contributed by atoms with E-state index in [1.165, 1.54) is 0 Å². The predicted octanol–water partition coefficient (Wildman–Crippen LogP) is -2.36. The molecule has 2 saturated heterocycles. The molecule has 30 heavy (non-hydrogen) atoms. The lowest BCUT2D eigenvalue weighted by atomic mass is 10.1. The first kappa shape index (κ1) is 23.5. The van der Waals surface area contributed by atoms with Crippen molar-refractivity contribution in [3.8, 4) is 0 Å². The van der Waals surface area contributed by atoms with Crippen LogP contribution in [-0.4, -0.2) is 93.7 Å². The van der Waals surface area contributed by atoms with Gasteiger partial charge in [-0.15, -0.1) is 0 Å². The van der Waals surface area contributed by atoms with Crippen molar-refractivity contribution in [2.45, 2.75) is 62.7 Å². The van der Waals surface area contributed by atoms with E-state index in [0.29, 0.717) is 19.4 Å². The first-order chi connectivity index (χ1) is 14.2. The van der Waals surface area contributed by atoms with Gasteiger partial charge in [0.25, 0.3) is 0 Å². The molecule has 0 aromatic carbocycles. The van der Waals surface area contributed by atoms with Gasteiger partial charge >= 0.3 is 11.9 Å². The van der Waals surface area contributed by atoms with Gasteiger partial charge in [0.1, 0.15) is 18.1 Å². The number of rotatable bonds is 10. The summed E-state index contributed by atoms with van der Waals surface area (Å²) in [6.07, 6.45) is 1.47. The Kier molecular flexibility index (Phi) is 8.54. The zero-order valence-electron chi connectivity index (χ0n) is 16.5. The molecule has 6 N–H and O–H groups in total. The molecule has 168 valence electrons. The fourth-order valence-corrected chi connectivity index (χ4v) is 3.66. The smallest absolute Gasteiger partial charge is 0.326 e. The molecule has 0 aromatic heterocycles. The van der Waals surface area contributed by atoms with Crippen LogP contribution < -0.4 is 16.0 Å². The number of hydrogen-bond donors (Lipinski definition) is 6. The summed E-state index contributed by atoms with van der Waals surface area (Å²) in [6.45, 7) is 0.134. The van der Waals surface area contributed by atoms with Gasteiger partial charge in [0.15, 0.2) is 0 Å². The molecule has 2 aliphatic heterocycles. The number of likely N-dealkylation sites (tertiary alicyclic amines) is 1. The number of nitrogens with one attached hydrogen (secondary N) is 3. The lowest BCUT2D eigenvalue weighted by Crippen LogP contribution is -2.58. The van der Waals surface area contributed by atoms with Crippen LogP contribution in [0, 0.1) is 0 Å². The lowest BCUT2D eigenvalue weighted by Gasteiger charge is -2.28. The molecule has 3 amide bonds. The summed E-state index contributed by atoms with van der Waals surface area (Å²) in [5.41, 5.74) is 0. The maximum Gasteiger partial charge on any atom is 0.326 e. The predicted molar refractivity (Wildman–Crippen MR) is 101 cm³/mol.